The van der Waals surface area contributed by atoms with Gasteiger partial charge in [-0.3, -0.25) is 9.59 Å². The SMILES string of the molecule is CN1C(=O)COc2ccc(CC(=O)Nc3ccc4c(c3)OCO4)cc21. The van der Waals surface area contributed by atoms with Crippen molar-refractivity contribution in [1.82, 2.24) is 0 Å². The minimum atomic E-state index is -0.162. The van der Waals surface area contributed by atoms with E-state index in [1.807, 2.05) is 6.07 Å². The summed E-state index contributed by atoms with van der Waals surface area (Å²) in [7, 11) is 1.69. The number of carbonyl (C=O) groups is 2. The molecule has 0 bridgehead atoms. The number of hydrogen-bond acceptors (Lipinski definition) is 5. The predicted octanol–water partition coefficient (Wildman–Crippen LogP) is 1.95. The van der Waals surface area contributed by atoms with Crippen molar-refractivity contribution in [3.05, 3.63) is 42.0 Å². The lowest BCUT2D eigenvalue weighted by molar-refractivity contribution is -0.121. The number of carbonyl (C=O) groups excluding carboxylic acids is 2. The number of benzene rings is 2. The molecular weight excluding hydrogens is 324 g/mol. The summed E-state index contributed by atoms with van der Waals surface area (Å²) in [5.74, 6) is 1.64. The van der Waals surface area contributed by atoms with Gasteiger partial charge >= 0.3 is 0 Å². The lowest BCUT2D eigenvalue weighted by Crippen LogP contribution is -2.35. The van der Waals surface area contributed by atoms with E-state index >= 15 is 0 Å². The van der Waals surface area contributed by atoms with Crippen molar-refractivity contribution in [3.8, 4) is 17.2 Å². The Labute approximate surface area is 144 Å². The monoisotopic (exact) mass is 340 g/mol. The number of nitrogens with zero attached hydrogens (tertiary/aromatic N) is 1. The van der Waals surface area contributed by atoms with Crippen molar-refractivity contribution in [2.24, 2.45) is 0 Å². The van der Waals surface area contributed by atoms with Crippen molar-refractivity contribution in [2.75, 3.05) is 30.7 Å². The second kappa shape index (κ2) is 6.01. The number of rotatable bonds is 3. The van der Waals surface area contributed by atoms with Gasteiger partial charge in [0, 0.05) is 18.8 Å². The summed E-state index contributed by atoms with van der Waals surface area (Å²) >= 11 is 0. The van der Waals surface area contributed by atoms with Crippen LogP contribution in [-0.4, -0.2) is 32.3 Å². The van der Waals surface area contributed by atoms with E-state index in [-0.39, 0.29) is 31.6 Å². The van der Waals surface area contributed by atoms with Gasteiger partial charge in [0.15, 0.2) is 18.1 Å². The Hall–Kier alpha value is -3.22. The highest BCUT2D eigenvalue weighted by Gasteiger charge is 2.22. The highest BCUT2D eigenvalue weighted by atomic mass is 16.7. The van der Waals surface area contributed by atoms with Crippen LogP contribution < -0.4 is 24.4 Å². The molecule has 7 heteroatoms. The van der Waals surface area contributed by atoms with E-state index in [0.29, 0.717) is 28.6 Å². The fraction of sp³-hybridized carbons (Fsp3) is 0.222. The number of ether oxygens (including phenoxy) is 3. The number of amides is 2. The molecule has 2 aromatic carbocycles. The molecule has 2 amide bonds. The van der Waals surface area contributed by atoms with Crippen LogP contribution in [0.5, 0.6) is 17.2 Å². The van der Waals surface area contributed by atoms with Crippen LogP contribution in [0.1, 0.15) is 5.56 Å². The van der Waals surface area contributed by atoms with Crippen LogP contribution in [0.15, 0.2) is 36.4 Å². The van der Waals surface area contributed by atoms with E-state index in [1.54, 1.807) is 37.4 Å². The summed E-state index contributed by atoms with van der Waals surface area (Å²) in [5, 5.41) is 2.83. The van der Waals surface area contributed by atoms with Crippen molar-refractivity contribution in [3.63, 3.8) is 0 Å². The van der Waals surface area contributed by atoms with Crippen LogP contribution in [0.2, 0.25) is 0 Å². The quantitative estimate of drug-likeness (QED) is 0.924. The molecule has 4 rings (SSSR count). The van der Waals surface area contributed by atoms with Gasteiger partial charge in [0.05, 0.1) is 12.1 Å². The van der Waals surface area contributed by atoms with Crippen LogP contribution in [0.4, 0.5) is 11.4 Å². The normalized spacial score (nSPS) is 14.8. The minimum absolute atomic E-state index is 0.0352. The largest absolute Gasteiger partial charge is 0.482 e. The van der Waals surface area contributed by atoms with Gasteiger partial charge in [-0.15, -0.1) is 0 Å². The molecule has 2 aromatic rings. The Kier molecular flexibility index (Phi) is 3.68. The summed E-state index contributed by atoms with van der Waals surface area (Å²) in [4.78, 5) is 25.6. The summed E-state index contributed by atoms with van der Waals surface area (Å²) in [6.45, 7) is 0.226. The molecule has 1 N–H and O–H groups in total. The molecule has 2 aliphatic heterocycles. The highest BCUT2D eigenvalue weighted by Crippen LogP contribution is 2.34. The first-order chi connectivity index (χ1) is 12.1. The van der Waals surface area contributed by atoms with Crippen molar-refractivity contribution < 1.29 is 23.8 Å². The molecule has 0 radical (unpaired) electrons. The maximum atomic E-state index is 12.3. The second-order valence-electron chi connectivity index (χ2n) is 5.84. The Balaban J connectivity index is 1.47. The zero-order chi connectivity index (χ0) is 17.4. The van der Waals surface area contributed by atoms with Gasteiger partial charge in [0.25, 0.3) is 5.91 Å². The Morgan fingerprint density at radius 1 is 1.08 bits per heavy atom. The van der Waals surface area contributed by atoms with Gasteiger partial charge in [-0.1, -0.05) is 6.07 Å². The van der Waals surface area contributed by atoms with Crippen molar-refractivity contribution in [2.45, 2.75) is 6.42 Å². The first-order valence-corrected chi connectivity index (χ1v) is 7.82. The number of hydrogen-bond donors (Lipinski definition) is 1. The smallest absolute Gasteiger partial charge is 0.264 e. The second-order valence-corrected chi connectivity index (χ2v) is 5.84. The molecule has 0 aromatic heterocycles. The first-order valence-electron chi connectivity index (χ1n) is 7.82. The molecule has 128 valence electrons. The zero-order valence-electron chi connectivity index (χ0n) is 13.6. The van der Waals surface area contributed by atoms with Crippen LogP contribution >= 0.6 is 0 Å². The third-order valence-electron chi connectivity index (χ3n) is 4.13. The molecule has 2 aliphatic rings. The molecule has 0 atom stereocenters. The number of nitrogens with one attached hydrogen (secondary N) is 1. The molecule has 0 fully saturated rings. The molecule has 0 aliphatic carbocycles. The van der Waals surface area contributed by atoms with Gasteiger partial charge < -0.3 is 24.4 Å². The molecule has 25 heavy (non-hydrogen) atoms. The van der Waals surface area contributed by atoms with Crippen molar-refractivity contribution >= 4 is 23.2 Å². The average Bonchev–Trinajstić information content (AvgIpc) is 3.06. The molecule has 0 saturated heterocycles. The molecule has 2 heterocycles. The van der Waals surface area contributed by atoms with Crippen LogP contribution in [0, 0.1) is 0 Å². The first kappa shape index (κ1) is 15.3. The zero-order valence-corrected chi connectivity index (χ0v) is 13.6. The minimum Gasteiger partial charge on any atom is -0.482 e. The number of anilines is 2. The Morgan fingerprint density at radius 3 is 2.76 bits per heavy atom. The lowest BCUT2D eigenvalue weighted by Gasteiger charge is -2.26. The van der Waals surface area contributed by atoms with Gasteiger partial charge in [-0.2, -0.15) is 0 Å². The standard InChI is InChI=1S/C18H16N2O5/c1-20-13-6-11(2-4-14(13)23-9-18(20)22)7-17(21)19-12-3-5-15-16(8-12)25-10-24-15/h2-6,8H,7,9-10H2,1H3,(H,19,21). The summed E-state index contributed by atoms with van der Waals surface area (Å²) in [6, 6.07) is 10.6. The average molecular weight is 340 g/mol. The Morgan fingerprint density at radius 2 is 1.88 bits per heavy atom. The molecule has 7 nitrogen and oxygen atoms in total. The van der Waals surface area contributed by atoms with Crippen LogP contribution in [0.25, 0.3) is 0 Å². The maximum Gasteiger partial charge on any atom is 0.264 e. The van der Waals surface area contributed by atoms with Gasteiger partial charge in [0.1, 0.15) is 5.75 Å². The highest BCUT2D eigenvalue weighted by molar-refractivity contribution is 5.98. The summed E-state index contributed by atoms with van der Waals surface area (Å²) < 4.78 is 15.9. The van der Waals surface area contributed by atoms with E-state index in [0.717, 1.165) is 5.56 Å². The molecule has 0 saturated carbocycles. The molecular formula is C18H16N2O5. The fourth-order valence-corrected chi connectivity index (χ4v) is 2.79. The van der Waals surface area contributed by atoms with Crippen LogP contribution in [0.3, 0.4) is 0 Å². The maximum absolute atomic E-state index is 12.3. The van der Waals surface area contributed by atoms with Crippen LogP contribution in [-0.2, 0) is 16.0 Å². The van der Waals surface area contributed by atoms with E-state index in [1.165, 1.54) is 4.90 Å². The molecule has 0 spiro atoms. The van der Waals surface area contributed by atoms with E-state index in [2.05, 4.69) is 5.32 Å². The lowest BCUT2D eigenvalue weighted by atomic mass is 10.1. The van der Waals surface area contributed by atoms with E-state index < -0.39 is 0 Å². The third kappa shape index (κ3) is 2.96. The summed E-state index contributed by atoms with van der Waals surface area (Å²) in [6.07, 6.45) is 0.184. The van der Waals surface area contributed by atoms with Crippen molar-refractivity contribution in [1.29, 1.82) is 0 Å². The number of likely N-dealkylation sites (N-methyl/N-ethyl adjacent to an activating group) is 1. The summed E-state index contributed by atoms with van der Waals surface area (Å²) in [5.41, 5.74) is 2.11. The Bertz CT molecular complexity index is 865. The van der Waals surface area contributed by atoms with Gasteiger partial charge in [-0.25, -0.2) is 0 Å². The topological polar surface area (TPSA) is 77.1 Å². The predicted molar refractivity (Wildman–Crippen MR) is 90.2 cm³/mol. The molecule has 0 unspecified atom stereocenters. The third-order valence-corrected chi connectivity index (χ3v) is 4.13. The van der Waals surface area contributed by atoms with Gasteiger partial charge in [0.2, 0.25) is 12.7 Å². The van der Waals surface area contributed by atoms with Gasteiger partial charge in [-0.05, 0) is 29.8 Å². The van der Waals surface area contributed by atoms with E-state index in [9.17, 15) is 9.59 Å². The van der Waals surface area contributed by atoms with E-state index in [4.69, 9.17) is 14.2 Å². The number of fused-ring (bicyclic) bond motifs is 2. The fourth-order valence-electron chi connectivity index (χ4n) is 2.79.